The highest BCUT2D eigenvalue weighted by molar-refractivity contribution is 6.18. The van der Waals surface area contributed by atoms with Crippen molar-refractivity contribution in [3.8, 4) is 17.2 Å². The first-order chi connectivity index (χ1) is 29.8. The first kappa shape index (κ1) is 44.1. The Morgan fingerprint density at radius 3 is 2.46 bits per heavy atom. The lowest BCUT2D eigenvalue weighted by Gasteiger charge is -2.59. The van der Waals surface area contributed by atoms with Crippen LogP contribution in [0.15, 0.2) is 114 Å². The Bertz CT molecular complexity index is 2180. The summed E-state index contributed by atoms with van der Waals surface area (Å²) in [5.74, 6) is -0.601. The van der Waals surface area contributed by atoms with E-state index < -0.39 is 29.7 Å². The van der Waals surface area contributed by atoms with E-state index in [-0.39, 0.29) is 63.0 Å². The Balaban J connectivity index is 1.44. The highest BCUT2D eigenvalue weighted by Gasteiger charge is 2.65. The normalized spacial score (nSPS) is 23.3. The number of carbonyl (C=O) groups is 1. The van der Waals surface area contributed by atoms with E-state index in [9.17, 15) is 19.4 Å². The quantitative estimate of drug-likeness (QED) is 0.0390. The third kappa shape index (κ3) is 9.75. The number of amides is 1. The van der Waals surface area contributed by atoms with Crippen molar-refractivity contribution in [1.82, 2.24) is 4.90 Å². The number of aliphatic hydroxyl groups is 2. The molecule has 0 saturated heterocycles. The van der Waals surface area contributed by atoms with Gasteiger partial charge in [-0.15, -0.1) is 18.2 Å². The summed E-state index contributed by atoms with van der Waals surface area (Å²) in [5.41, 5.74) is 3.17. The average molecular weight is 855 g/mol. The number of fused-ring (bicyclic) bond motifs is 3. The Morgan fingerprint density at radius 2 is 1.72 bits per heavy atom. The van der Waals surface area contributed by atoms with E-state index in [0.717, 1.165) is 47.6 Å². The van der Waals surface area contributed by atoms with Gasteiger partial charge in [0.05, 0.1) is 24.1 Å². The van der Waals surface area contributed by atoms with Gasteiger partial charge in [0.1, 0.15) is 42.3 Å². The van der Waals surface area contributed by atoms with Crippen LogP contribution in [0.1, 0.15) is 68.9 Å². The molecule has 1 heterocycles. The molecule has 6 atom stereocenters. The van der Waals surface area contributed by atoms with Crippen molar-refractivity contribution in [1.29, 1.82) is 0 Å². The van der Waals surface area contributed by atoms with E-state index in [4.69, 9.17) is 40.5 Å². The molecule has 7 rings (SSSR count). The zero-order valence-corrected chi connectivity index (χ0v) is 35.5. The van der Waals surface area contributed by atoms with Gasteiger partial charge in [-0.05, 0) is 109 Å². The standard InChI is InChI=1S/C49H56ClFN2O8/c1-3-26-58-49-45(53(48(56)57-27-23-50)32-33-15-18-37(51)19-16-33)31-43(52-59-4-2)41-29-36(13-7-9-24-54)40(14-8-10-25-55)46(47(41)49)42-30-39(21-22-44(42)61-49)60-38-20-17-34-11-5-6-12-35(34)28-38/h3,5-6,11-12,15-22,28-30,36,40,45-47,54-55H,1,4,7-10,13-14,23-27,31-32H2,2H3. The van der Waals surface area contributed by atoms with Crippen molar-refractivity contribution in [2.75, 3.05) is 38.9 Å². The number of rotatable bonds is 20. The van der Waals surface area contributed by atoms with Gasteiger partial charge in [-0.3, -0.25) is 4.90 Å². The predicted molar refractivity (Wildman–Crippen MR) is 235 cm³/mol. The fourth-order valence-electron chi connectivity index (χ4n) is 9.52. The molecule has 2 aliphatic carbocycles. The zero-order chi connectivity index (χ0) is 42.8. The van der Waals surface area contributed by atoms with Crippen molar-refractivity contribution in [2.45, 2.75) is 76.2 Å². The third-order valence-electron chi connectivity index (χ3n) is 12.1. The van der Waals surface area contributed by atoms with E-state index in [1.54, 1.807) is 23.1 Å². The number of aliphatic hydroxyl groups excluding tert-OH is 2. The smallest absolute Gasteiger partial charge is 0.410 e. The molecule has 4 aromatic rings. The molecule has 1 aliphatic heterocycles. The molecule has 61 heavy (non-hydrogen) atoms. The van der Waals surface area contributed by atoms with Crippen LogP contribution in [0.25, 0.3) is 10.8 Å². The average Bonchev–Trinajstić information content (AvgIpc) is 3.28. The van der Waals surface area contributed by atoms with Crippen LogP contribution in [0, 0.1) is 23.6 Å². The molecule has 3 aliphatic rings. The Morgan fingerprint density at radius 1 is 0.984 bits per heavy atom. The highest BCUT2D eigenvalue weighted by atomic mass is 35.5. The monoisotopic (exact) mass is 854 g/mol. The largest absolute Gasteiger partial charge is 0.459 e. The summed E-state index contributed by atoms with van der Waals surface area (Å²) in [5, 5.41) is 26.8. The molecular formula is C49H56ClFN2O8. The van der Waals surface area contributed by atoms with Gasteiger partial charge in [-0.2, -0.15) is 0 Å². The number of carbonyl (C=O) groups excluding carboxylic acids is 1. The van der Waals surface area contributed by atoms with Crippen LogP contribution in [0.5, 0.6) is 17.2 Å². The van der Waals surface area contributed by atoms with Gasteiger partial charge in [0.25, 0.3) is 0 Å². The molecule has 1 saturated carbocycles. The second-order valence-electron chi connectivity index (χ2n) is 15.9. The van der Waals surface area contributed by atoms with Crippen LogP contribution < -0.4 is 9.47 Å². The molecular weight excluding hydrogens is 799 g/mol. The van der Waals surface area contributed by atoms with Crippen molar-refractivity contribution < 1.29 is 43.2 Å². The molecule has 0 spiro atoms. The molecule has 6 unspecified atom stereocenters. The van der Waals surface area contributed by atoms with Gasteiger partial charge in [0, 0.05) is 37.7 Å². The number of allylic oxidation sites excluding steroid dienone is 1. The molecule has 4 aromatic carbocycles. The summed E-state index contributed by atoms with van der Waals surface area (Å²) in [6, 6.07) is 25.2. The van der Waals surface area contributed by atoms with Crippen molar-refractivity contribution in [3.05, 3.63) is 126 Å². The first-order valence-electron chi connectivity index (χ1n) is 21.4. The van der Waals surface area contributed by atoms with E-state index in [2.05, 4.69) is 30.9 Å². The van der Waals surface area contributed by atoms with Crippen LogP contribution in [0.4, 0.5) is 9.18 Å². The summed E-state index contributed by atoms with van der Waals surface area (Å²) in [6.07, 6.45) is 7.99. The van der Waals surface area contributed by atoms with Crippen LogP contribution in [0.2, 0.25) is 0 Å². The van der Waals surface area contributed by atoms with Gasteiger partial charge in [0.2, 0.25) is 5.79 Å². The minimum Gasteiger partial charge on any atom is -0.459 e. The number of alkyl halides is 1. The summed E-state index contributed by atoms with van der Waals surface area (Å²) in [7, 11) is 0. The van der Waals surface area contributed by atoms with Crippen LogP contribution >= 0.6 is 11.6 Å². The van der Waals surface area contributed by atoms with E-state index >= 15 is 0 Å². The van der Waals surface area contributed by atoms with E-state index in [1.165, 1.54) is 12.1 Å². The molecule has 0 aromatic heterocycles. The molecule has 12 heteroatoms. The van der Waals surface area contributed by atoms with Gasteiger partial charge < -0.3 is 34.0 Å². The zero-order valence-electron chi connectivity index (χ0n) is 34.7. The van der Waals surface area contributed by atoms with Gasteiger partial charge in [-0.1, -0.05) is 72.6 Å². The van der Waals surface area contributed by atoms with Crippen LogP contribution in [0.3, 0.4) is 0 Å². The first-order valence-corrected chi connectivity index (χ1v) is 22.0. The van der Waals surface area contributed by atoms with E-state index in [1.807, 2.05) is 49.4 Å². The predicted octanol–water partition coefficient (Wildman–Crippen LogP) is 10.3. The van der Waals surface area contributed by atoms with Crippen molar-refractivity contribution >= 4 is 34.2 Å². The lowest BCUT2D eigenvalue weighted by Crippen LogP contribution is -2.70. The lowest BCUT2D eigenvalue weighted by atomic mass is 9.55. The number of halogens is 2. The van der Waals surface area contributed by atoms with E-state index in [0.29, 0.717) is 48.0 Å². The molecule has 1 fully saturated rings. The highest BCUT2D eigenvalue weighted by Crippen LogP contribution is 2.62. The van der Waals surface area contributed by atoms with Crippen molar-refractivity contribution in [3.63, 3.8) is 0 Å². The number of unbranched alkanes of at least 4 members (excludes halogenated alkanes) is 2. The maximum Gasteiger partial charge on any atom is 0.410 e. The summed E-state index contributed by atoms with van der Waals surface area (Å²) in [4.78, 5) is 21.8. The molecule has 0 radical (unpaired) electrons. The number of hydrogen-bond acceptors (Lipinski definition) is 9. The Hall–Kier alpha value is -4.94. The Labute approximate surface area is 362 Å². The maximum atomic E-state index is 14.4. The molecule has 10 nitrogen and oxygen atoms in total. The Kier molecular flexibility index (Phi) is 15.0. The summed E-state index contributed by atoms with van der Waals surface area (Å²) < 4.78 is 40.9. The number of benzene rings is 4. The molecule has 2 N–H and O–H groups in total. The summed E-state index contributed by atoms with van der Waals surface area (Å²) in [6.45, 7) is 6.48. The van der Waals surface area contributed by atoms with Crippen LogP contribution in [-0.4, -0.2) is 77.7 Å². The second kappa shape index (κ2) is 20.8. The minimum absolute atomic E-state index is 0.0186. The third-order valence-corrected chi connectivity index (χ3v) is 12.2. The second-order valence-corrected chi connectivity index (χ2v) is 16.2. The van der Waals surface area contributed by atoms with Gasteiger partial charge in [-0.25, -0.2) is 9.18 Å². The maximum absolute atomic E-state index is 14.4. The molecule has 0 bridgehead atoms. The topological polar surface area (TPSA) is 119 Å². The molecule has 1 amide bonds. The number of oxime groups is 1. The lowest BCUT2D eigenvalue weighted by molar-refractivity contribution is -0.256. The molecule has 324 valence electrons. The van der Waals surface area contributed by atoms with Gasteiger partial charge >= 0.3 is 6.09 Å². The fraction of sp³-hybridized carbons (Fsp3) is 0.429. The number of nitrogens with zero attached hydrogens (tertiary/aromatic N) is 2. The minimum atomic E-state index is -1.51. The SMILES string of the molecule is C=CCOC12Oc3ccc(Oc4ccc5ccccc5c4)cc3C3C(CCCCO)C(CCCCO)C=C(C(=NOCC)CC1N(Cc1ccc(F)cc1)C(=O)OCCCl)C32. The number of ether oxygens (including phenoxy) is 4. The fourth-order valence-corrected chi connectivity index (χ4v) is 9.60. The van der Waals surface area contributed by atoms with Crippen LogP contribution in [-0.2, 0) is 20.9 Å². The van der Waals surface area contributed by atoms with Gasteiger partial charge in [0.15, 0.2) is 0 Å². The van der Waals surface area contributed by atoms with Crippen molar-refractivity contribution in [2.24, 2.45) is 22.9 Å². The number of hydrogen-bond donors (Lipinski definition) is 2. The summed E-state index contributed by atoms with van der Waals surface area (Å²) >= 11 is 6.06.